The molecule has 92 valence electrons. The van der Waals surface area contributed by atoms with Crippen molar-refractivity contribution in [3.8, 4) is 0 Å². The fourth-order valence-electron chi connectivity index (χ4n) is 2.32. The van der Waals surface area contributed by atoms with Gasteiger partial charge < -0.3 is 5.32 Å². The summed E-state index contributed by atoms with van der Waals surface area (Å²) >= 11 is 0. The van der Waals surface area contributed by atoms with Crippen LogP contribution in [0.3, 0.4) is 0 Å². The molecule has 0 saturated carbocycles. The van der Waals surface area contributed by atoms with Gasteiger partial charge in [-0.05, 0) is 32.7 Å². The molecule has 1 N–H and O–H groups in total. The lowest BCUT2D eigenvalue weighted by atomic mass is 9.95. The summed E-state index contributed by atoms with van der Waals surface area (Å²) in [6, 6.07) is 0.443. The summed E-state index contributed by atoms with van der Waals surface area (Å²) in [7, 11) is 2.02. The Bertz CT molecular complexity index is 339. The molecule has 0 amide bonds. The normalized spacial score (nSPS) is 13.4. The molecule has 16 heavy (non-hydrogen) atoms. The number of aryl methyl sites for hydroxylation is 2. The second kappa shape index (κ2) is 5.48. The van der Waals surface area contributed by atoms with E-state index in [0.29, 0.717) is 12.0 Å². The molecule has 1 atom stereocenters. The van der Waals surface area contributed by atoms with Gasteiger partial charge in [0.1, 0.15) is 0 Å². The Hall–Kier alpha value is -0.830. The van der Waals surface area contributed by atoms with Gasteiger partial charge in [-0.15, -0.1) is 0 Å². The summed E-state index contributed by atoms with van der Waals surface area (Å²) < 4.78 is 1.98. The Balaban J connectivity index is 3.00. The number of rotatable bonds is 5. The zero-order valence-electron chi connectivity index (χ0n) is 11.5. The highest BCUT2D eigenvalue weighted by molar-refractivity contribution is 5.28. The van der Waals surface area contributed by atoms with Gasteiger partial charge in [0, 0.05) is 24.3 Å². The summed E-state index contributed by atoms with van der Waals surface area (Å²) in [6.45, 7) is 12.0. The van der Waals surface area contributed by atoms with Crippen molar-refractivity contribution >= 4 is 0 Å². The van der Waals surface area contributed by atoms with Crippen LogP contribution in [0, 0.1) is 19.8 Å². The van der Waals surface area contributed by atoms with Crippen molar-refractivity contribution in [1.29, 1.82) is 0 Å². The number of aromatic nitrogens is 2. The van der Waals surface area contributed by atoms with Crippen molar-refractivity contribution < 1.29 is 0 Å². The molecule has 0 aliphatic carbocycles. The number of nitrogens with zero attached hydrogens (tertiary/aromatic N) is 2. The smallest absolute Gasteiger partial charge is 0.0644 e. The first-order valence-corrected chi connectivity index (χ1v) is 6.20. The van der Waals surface area contributed by atoms with E-state index in [-0.39, 0.29) is 0 Å². The van der Waals surface area contributed by atoms with Gasteiger partial charge in [-0.2, -0.15) is 5.10 Å². The fourth-order valence-corrected chi connectivity index (χ4v) is 2.32. The highest BCUT2D eigenvalue weighted by Gasteiger charge is 2.20. The Morgan fingerprint density at radius 1 is 1.31 bits per heavy atom. The minimum absolute atomic E-state index is 0.443. The number of hydrogen-bond acceptors (Lipinski definition) is 2. The fraction of sp³-hybridized carbons (Fsp3) is 0.769. The lowest BCUT2D eigenvalue weighted by molar-refractivity contribution is 0.435. The lowest BCUT2D eigenvalue weighted by Crippen LogP contribution is -2.23. The van der Waals surface area contributed by atoms with E-state index in [9.17, 15) is 0 Å². The first kappa shape index (κ1) is 13.2. The van der Waals surface area contributed by atoms with Crippen LogP contribution < -0.4 is 5.32 Å². The van der Waals surface area contributed by atoms with E-state index in [0.717, 1.165) is 12.2 Å². The van der Waals surface area contributed by atoms with Crippen LogP contribution in [0.25, 0.3) is 0 Å². The Morgan fingerprint density at radius 2 is 1.94 bits per heavy atom. The van der Waals surface area contributed by atoms with Crippen molar-refractivity contribution in [1.82, 2.24) is 15.1 Å². The summed E-state index contributed by atoms with van der Waals surface area (Å²) in [6.07, 6.45) is 1.17. The second-order valence-corrected chi connectivity index (χ2v) is 4.95. The molecular weight excluding hydrogens is 198 g/mol. The first-order chi connectivity index (χ1) is 7.47. The molecule has 1 rings (SSSR count). The molecule has 3 heteroatoms. The predicted molar refractivity (Wildman–Crippen MR) is 68.6 cm³/mol. The van der Waals surface area contributed by atoms with Crippen molar-refractivity contribution in [2.24, 2.45) is 13.0 Å². The molecular formula is C13H25N3. The molecule has 0 aliphatic heterocycles. The molecule has 0 saturated heterocycles. The van der Waals surface area contributed by atoms with Crippen LogP contribution in [-0.4, -0.2) is 16.3 Å². The van der Waals surface area contributed by atoms with Gasteiger partial charge in [0.2, 0.25) is 0 Å². The Morgan fingerprint density at radius 3 is 2.31 bits per heavy atom. The monoisotopic (exact) mass is 223 g/mol. The Labute approximate surface area is 99.2 Å². The predicted octanol–water partition coefficient (Wildman–Crippen LogP) is 2.73. The second-order valence-electron chi connectivity index (χ2n) is 4.95. The third-order valence-electron chi connectivity index (χ3n) is 3.07. The van der Waals surface area contributed by atoms with Gasteiger partial charge in [-0.1, -0.05) is 20.8 Å². The average Bonchev–Trinajstić information content (AvgIpc) is 2.40. The molecule has 3 nitrogen and oxygen atoms in total. The van der Waals surface area contributed by atoms with Crippen molar-refractivity contribution in [2.75, 3.05) is 6.54 Å². The summed E-state index contributed by atoms with van der Waals surface area (Å²) in [5.74, 6) is 0.697. The number of hydrogen-bond donors (Lipinski definition) is 1. The molecule has 1 aromatic heterocycles. The molecule has 0 spiro atoms. The highest BCUT2D eigenvalue weighted by atomic mass is 15.3. The van der Waals surface area contributed by atoms with E-state index in [1.807, 2.05) is 11.7 Å². The van der Waals surface area contributed by atoms with Gasteiger partial charge in [-0.25, -0.2) is 0 Å². The van der Waals surface area contributed by atoms with Gasteiger partial charge >= 0.3 is 0 Å². The van der Waals surface area contributed by atoms with Crippen LogP contribution in [-0.2, 0) is 7.05 Å². The molecule has 1 heterocycles. The van der Waals surface area contributed by atoms with Gasteiger partial charge in [-0.3, -0.25) is 4.68 Å². The van der Waals surface area contributed by atoms with E-state index in [1.54, 1.807) is 0 Å². The van der Waals surface area contributed by atoms with E-state index in [4.69, 9.17) is 0 Å². The number of nitrogens with one attached hydrogen (secondary N) is 1. The van der Waals surface area contributed by atoms with Crippen LogP contribution in [0.1, 0.15) is 50.2 Å². The van der Waals surface area contributed by atoms with E-state index in [2.05, 4.69) is 45.0 Å². The lowest BCUT2D eigenvalue weighted by Gasteiger charge is -2.20. The summed E-state index contributed by atoms with van der Waals surface area (Å²) in [4.78, 5) is 0. The minimum Gasteiger partial charge on any atom is -0.310 e. The Kier molecular flexibility index (Phi) is 4.54. The zero-order valence-corrected chi connectivity index (χ0v) is 11.5. The molecule has 0 fully saturated rings. The maximum atomic E-state index is 4.50. The molecule has 1 unspecified atom stereocenters. The van der Waals surface area contributed by atoms with Crippen molar-refractivity contribution in [3.05, 3.63) is 17.0 Å². The van der Waals surface area contributed by atoms with E-state index in [1.165, 1.54) is 17.7 Å². The third kappa shape index (κ3) is 2.85. The quantitative estimate of drug-likeness (QED) is 0.832. The van der Waals surface area contributed by atoms with E-state index < -0.39 is 0 Å². The van der Waals surface area contributed by atoms with Crippen LogP contribution >= 0.6 is 0 Å². The third-order valence-corrected chi connectivity index (χ3v) is 3.07. The average molecular weight is 223 g/mol. The van der Waals surface area contributed by atoms with Gasteiger partial charge in [0.05, 0.1) is 5.69 Å². The van der Waals surface area contributed by atoms with Crippen LogP contribution in [0.5, 0.6) is 0 Å². The standard InChI is InChI=1S/C13H25N3/c1-7-14-12(8-9(2)3)13-10(4)15-16(6)11(13)5/h9,12,14H,7-8H2,1-6H3. The first-order valence-electron chi connectivity index (χ1n) is 6.20. The molecule has 1 aromatic rings. The van der Waals surface area contributed by atoms with Crippen molar-refractivity contribution in [2.45, 2.75) is 47.1 Å². The van der Waals surface area contributed by atoms with Crippen LogP contribution in [0.2, 0.25) is 0 Å². The molecule has 0 aromatic carbocycles. The summed E-state index contributed by atoms with van der Waals surface area (Å²) in [5.41, 5.74) is 3.83. The molecule has 0 radical (unpaired) electrons. The maximum absolute atomic E-state index is 4.50. The summed E-state index contributed by atoms with van der Waals surface area (Å²) in [5, 5.41) is 8.07. The van der Waals surface area contributed by atoms with Crippen LogP contribution in [0.15, 0.2) is 0 Å². The van der Waals surface area contributed by atoms with Gasteiger partial charge in [0.15, 0.2) is 0 Å². The molecule has 0 bridgehead atoms. The minimum atomic E-state index is 0.443. The van der Waals surface area contributed by atoms with Gasteiger partial charge in [0.25, 0.3) is 0 Å². The van der Waals surface area contributed by atoms with Crippen LogP contribution in [0.4, 0.5) is 0 Å². The topological polar surface area (TPSA) is 29.9 Å². The SMILES string of the molecule is CCNC(CC(C)C)c1c(C)nn(C)c1C. The molecule has 0 aliphatic rings. The highest BCUT2D eigenvalue weighted by Crippen LogP contribution is 2.26. The largest absolute Gasteiger partial charge is 0.310 e. The van der Waals surface area contributed by atoms with Crippen molar-refractivity contribution in [3.63, 3.8) is 0 Å². The maximum Gasteiger partial charge on any atom is 0.0644 e. The van der Waals surface area contributed by atoms with E-state index >= 15 is 0 Å². The zero-order chi connectivity index (χ0) is 12.3.